The molecule has 0 N–H and O–H groups in total. The van der Waals surface area contributed by atoms with Crippen molar-refractivity contribution in [1.82, 2.24) is 0 Å². The van der Waals surface area contributed by atoms with Gasteiger partial charge in [-0.1, -0.05) is 13.3 Å². The third kappa shape index (κ3) is 1.22. The van der Waals surface area contributed by atoms with E-state index in [1.807, 2.05) is 6.07 Å². The van der Waals surface area contributed by atoms with Crippen molar-refractivity contribution >= 4 is 11.4 Å². The quantitative estimate of drug-likeness (QED) is 0.701. The van der Waals surface area contributed by atoms with Crippen molar-refractivity contribution in [2.75, 3.05) is 7.11 Å². The Kier molecular flexibility index (Phi) is 2.06. The molecule has 3 rings (SSSR count). The lowest BCUT2D eigenvalue weighted by molar-refractivity contribution is 0.412. The van der Waals surface area contributed by atoms with Gasteiger partial charge in [0, 0.05) is 11.1 Å². The summed E-state index contributed by atoms with van der Waals surface area (Å²) in [7, 11) is 1.72. The highest BCUT2D eigenvalue weighted by Crippen LogP contribution is 2.47. The van der Waals surface area contributed by atoms with Crippen LogP contribution in [-0.2, 0) is 5.41 Å². The van der Waals surface area contributed by atoms with Gasteiger partial charge in [0.15, 0.2) is 0 Å². The third-order valence-electron chi connectivity index (χ3n) is 4.03. The van der Waals surface area contributed by atoms with Gasteiger partial charge in [0.05, 0.1) is 12.8 Å². The molecular formula is C14H17NO. The molecule has 16 heavy (non-hydrogen) atoms. The summed E-state index contributed by atoms with van der Waals surface area (Å²) in [5.41, 5.74) is 4.08. The zero-order valence-electron chi connectivity index (χ0n) is 9.92. The lowest BCUT2D eigenvalue weighted by Crippen LogP contribution is -2.32. The minimum atomic E-state index is 0.183. The minimum absolute atomic E-state index is 0.183. The highest BCUT2D eigenvalue weighted by molar-refractivity contribution is 6.02. The second-order valence-electron chi connectivity index (χ2n) is 4.98. The molecule has 2 aliphatic rings. The van der Waals surface area contributed by atoms with Crippen molar-refractivity contribution in [2.45, 2.75) is 38.0 Å². The van der Waals surface area contributed by atoms with E-state index in [2.05, 4.69) is 19.1 Å². The summed E-state index contributed by atoms with van der Waals surface area (Å²) in [6.45, 7) is 2.33. The topological polar surface area (TPSA) is 21.6 Å². The molecule has 1 aliphatic carbocycles. The Morgan fingerprint density at radius 3 is 3.00 bits per heavy atom. The number of ether oxygens (including phenoxy) is 1. The van der Waals surface area contributed by atoms with Gasteiger partial charge in [-0.3, -0.25) is 4.99 Å². The predicted molar refractivity (Wildman–Crippen MR) is 65.9 cm³/mol. The molecule has 2 nitrogen and oxygen atoms in total. The molecule has 1 saturated carbocycles. The van der Waals surface area contributed by atoms with E-state index in [1.54, 1.807) is 7.11 Å². The van der Waals surface area contributed by atoms with E-state index in [0.717, 1.165) is 17.9 Å². The average Bonchev–Trinajstić information content (AvgIpc) is 2.61. The van der Waals surface area contributed by atoms with Crippen LogP contribution in [0.4, 0.5) is 5.69 Å². The average molecular weight is 215 g/mol. The summed E-state index contributed by atoms with van der Waals surface area (Å²) < 4.78 is 5.31. The lowest BCUT2D eigenvalue weighted by atomic mass is 9.71. The van der Waals surface area contributed by atoms with Gasteiger partial charge in [-0.15, -0.1) is 0 Å². The molecule has 2 heteroatoms. The van der Waals surface area contributed by atoms with Crippen LogP contribution in [0.5, 0.6) is 5.75 Å². The van der Waals surface area contributed by atoms with Crippen LogP contribution in [-0.4, -0.2) is 12.8 Å². The molecule has 1 heterocycles. The first kappa shape index (κ1) is 9.88. The Morgan fingerprint density at radius 1 is 1.31 bits per heavy atom. The summed E-state index contributed by atoms with van der Waals surface area (Å²) in [6, 6.07) is 6.26. The van der Waals surface area contributed by atoms with E-state index < -0.39 is 0 Å². The first-order valence-corrected chi connectivity index (χ1v) is 6.00. The first-order chi connectivity index (χ1) is 7.74. The lowest BCUT2D eigenvalue weighted by Gasteiger charge is -2.31. The molecule has 0 amide bonds. The molecule has 0 aromatic heterocycles. The Balaban J connectivity index is 2.12. The van der Waals surface area contributed by atoms with Gasteiger partial charge in [0.25, 0.3) is 0 Å². The van der Waals surface area contributed by atoms with Crippen LogP contribution in [0.2, 0.25) is 0 Å². The van der Waals surface area contributed by atoms with Gasteiger partial charge >= 0.3 is 0 Å². The van der Waals surface area contributed by atoms with Crippen molar-refractivity contribution in [3.63, 3.8) is 0 Å². The Bertz CT molecular complexity index is 464. The Labute approximate surface area is 96.3 Å². The maximum atomic E-state index is 5.31. The second kappa shape index (κ2) is 3.34. The highest BCUT2D eigenvalue weighted by atomic mass is 16.5. The Hall–Kier alpha value is -1.31. The van der Waals surface area contributed by atoms with Crippen LogP contribution in [0.3, 0.4) is 0 Å². The molecular weight excluding hydrogens is 198 g/mol. The van der Waals surface area contributed by atoms with E-state index in [1.165, 1.54) is 30.5 Å². The molecule has 1 aliphatic heterocycles. The van der Waals surface area contributed by atoms with E-state index in [0.29, 0.717) is 0 Å². The maximum Gasteiger partial charge on any atom is 0.119 e. The SMILES string of the molecule is COc1ccc2c(c1)C1(C)CCCCC1=N2. The summed E-state index contributed by atoms with van der Waals surface area (Å²) in [6.07, 6.45) is 4.99. The fraction of sp³-hybridized carbons (Fsp3) is 0.500. The number of fused-ring (bicyclic) bond motifs is 3. The number of hydrogen-bond acceptors (Lipinski definition) is 2. The van der Waals surface area contributed by atoms with Crippen LogP contribution >= 0.6 is 0 Å². The normalized spacial score (nSPS) is 27.0. The molecule has 1 aromatic carbocycles. The molecule has 0 saturated heterocycles. The van der Waals surface area contributed by atoms with Gasteiger partial charge in [-0.2, -0.15) is 0 Å². The number of hydrogen-bond donors (Lipinski definition) is 0. The van der Waals surface area contributed by atoms with Crippen molar-refractivity contribution < 1.29 is 4.74 Å². The number of methoxy groups -OCH3 is 1. The summed E-state index contributed by atoms with van der Waals surface area (Å²) in [4.78, 5) is 4.78. The zero-order chi connectivity index (χ0) is 11.2. The van der Waals surface area contributed by atoms with Crippen LogP contribution in [0.15, 0.2) is 23.2 Å². The van der Waals surface area contributed by atoms with Gasteiger partial charge in [0.1, 0.15) is 5.75 Å². The second-order valence-corrected chi connectivity index (χ2v) is 4.98. The summed E-state index contributed by atoms with van der Waals surface area (Å²) in [5, 5.41) is 0. The monoisotopic (exact) mass is 215 g/mol. The van der Waals surface area contributed by atoms with Crippen LogP contribution in [0, 0.1) is 0 Å². The van der Waals surface area contributed by atoms with Crippen molar-refractivity contribution in [1.29, 1.82) is 0 Å². The molecule has 0 spiro atoms. The van der Waals surface area contributed by atoms with Gasteiger partial charge in [-0.25, -0.2) is 0 Å². The van der Waals surface area contributed by atoms with Crippen LogP contribution in [0.1, 0.15) is 38.2 Å². The fourth-order valence-electron chi connectivity index (χ4n) is 2.99. The van der Waals surface area contributed by atoms with Crippen molar-refractivity contribution in [2.24, 2.45) is 4.99 Å². The highest BCUT2D eigenvalue weighted by Gasteiger charge is 2.40. The maximum absolute atomic E-state index is 5.31. The summed E-state index contributed by atoms with van der Waals surface area (Å²) in [5.74, 6) is 0.946. The smallest absolute Gasteiger partial charge is 0.119 e. The minimum Gasteiger partial charge on any atom is -0.497 e. The van der Waals surface area contributed by atoms with E-state index in [9.17, 15) is 0 Å². The predicted octanol–water partition coefficient (Wildman–Crippen LogP) is 3.61. The number of aliphatic imine (C=N–C) groups is 1. The molecule has 84 valence electrons. The van der Waals surface area contributed by atoms with E-state index >= 15 is 0 Å². The van der Waals surface area contributed by atoms with E-state index in [4.69, 9.17) is 9.73 Å². The van der Waals surface area contributed by atoms with Crippen molar-refractivity contribution in [3.8, 4) is 5.75 Å². The molecule has 1 unspecified atom stereocenters. The van der Waals surface area contributed by atoms with Crippen LogP contribution in [0.25, 0.3) is 0 Å². The number of benzene rings is 1. The molecule has 1 aromatic rings. The summed E-state index contributed by atoms with van der Waals surface area (Å²) >= 11 is 0. The molecule has 1 fully saturated rings. The number of rotatable bonds is 1. The molecule has 1 atom stereocenters. The van der Waals surface area contributed by atoms with Crippen LogP contribution < -0.4 is 4.74 Å². The zero-order valence-corrected chi connectivity index (χ0v) is 9.92. The standard InChI is InChI=1S/C14H17NO/c1-14-8-4-3-5-13(14)15-12-7-6-10(16-2)9-11(12)14/h6-7,9H,3-5,8H2,1-2H3. The molecule has 0 bridgehead atoms. The van der Waals surface area contributed by atoms with Gasteiger partial charge in [0.2, 0.25) is 0 Å². The van der Waals surface area contributed by atoms with Gasteiger partial charge in [-0.05, 0) is 43.0 Å². The third-order valence-corrected chi connectivity index (χ3v) is 4.03. The fourth-order valence-corrected chi connectivity index (χ4v) is 2.99. The Morgan fingerprint density at radius 2 is 2.19 bits per heavy atom. The first-order valence-electron chi connectivity index (χ1n) is 6.00. The van der Waals surface area contributed by atoms with Gasteiger partial charge < -0.3 is 4.74 Å². The van der Waals surface area contributed by atoms with Crippen molar-refractivity contribution in [3.05, 3.63) is 23.8 Å². The van der Waals surface area contributed by atoms with E-state index in [-0.39, 0.29) is 5.41 Å². The molecule has 0 radical (unpaired) electrons. The largest absolute Gasteiger partial charge is 0.497 e. The number of nitrogens with zero attached hydrogens (tertiary/aromatic N) is 1.